The van der Waals surface area contributed by atoms with Crippen LogP contribution < -0.4 is 10.1 Å². The summed E-state index contributed by atoms with van der Waals surface area (Å²) in [6, 6.07) is 11.6. The standard InChI is InChI=1S/C17H18N4O2S2/c1-21-16(13-7-3-4-8-14(13)23-2)19-20-17(21)25-11-15(22)18-10-12-6-5-9-24-12/h3-9H,10-11H2,1-2H3,(H,18,22). The molecule has 8 heteroatoms. The molecule has 0 spiro atoms. The fraction of sp³-hybridized carbons (Fsp3) is 0.235. The molecule has 3 aromatic rings. The highest BCUT2D eigenvalue weighted by molar-refractivity contribution is 7.99. The Morgan fingerprint density at radius 1 is 1.28 bits per heavy atom. The highest BCUT2D eigenvalue weighted by Crippen LogP contribution is 2.29. The monoisotopic (exact) mass is 374 g/mol. The first kappa shape index (κ1) is 17.5. The van der Waals surface area contributed by atoms with Gasteiger partial charge in [0.2, 0.25) is 5.91 Å². The zero-order chi connectivity index (χ0) is 17.6. The summed E-state index contributed by atoms with van der Waals surface area (Å²) in [5, 5.41) is 14.0. The maximum atomic E-state index is 12.0. The molecular formula is C17H18N4O2S2. The van der Waals surface area contributed by atoms with E-state index in [2.05, 4.69) is 15.5 Å². The number of aromatic nitrogens is 3. The molecule has 0 fully saturated rings. The Bertz CT molecular complexity index is 846. The minimum atomic E-state index is -0.0276. The number of ether oxygens (including phenoxy) is 1. The van der Waals surface area contributed by atoms with E-state index < -0.39 is 0 Å². The third-order valence-electron chi connectivity index (χ3n) is 3.56. The molecule has 0 aliphatic carbocycles. The molecule has 0 saturated carbocycles. The summed E-state index contributed by atoms with van der Waals surface area (Å²) in [7, 11) is 3.51. The number of carbonyl (C=O) groups excluding carboxylic acids is 1. The average molecular weight is 374 g/mol. The minimum Gasteiger partial charge on any atom is -0.496 e. The van der Waals surface area contributed by atoms with Crippen LogP contribution in [0.4, 0.5) is 0 Å². The number of thioether (sulfide) groups is 1. The summed E-state index contributed by atoms with van der Waals surface area (Å²) in [4.78, 5) is 13.1. The van der Waals surface area contributed by atoms with Crippen LogP contribution >= 0.6 is 23.1 Å². The largest absolute Gasteiger partial charge is 0.496 e. The van der Waals surface area contributed by atoms with Crippen molar-refractivity contribution >= 4 is 29.0 Å². The van der Waals surface area contributed by atoms with E-state index >= 15 is 0 Å². The number of nitrogens with zero attached hydrogens (tertiary/aromatic N) is 3. The van der Waals surface area contributed by atoms with Gasteiger partial charge in [0.1, 0.15) is 5.75 Å². The Labute approximate surface area is 154 Å². The van der Waals surface area contributed by atoms with Crippen LogP contribution in [0.15, 0.2) is 46.9 Å². The van der Waals surface area contributed by atoms with E-state index in [1.807, 2.05) is 53.4 Å². The molecule has 0 aliphatic heterocycles. The van der Waals surface area contributed by atoms with Gasteiger partial charge < -0.3 is 14.6 Å². The van der Waals surface area contributed by atoms with Gasteiger partial charge in [-0.05, 0) is 23.6 Å². The zero-order valence-electron chi connectivity index (χ0n) is 13.9. The first-order valence-corrected chi connectivity index (χ1v) is 9.50. The van der Waals surface area contributed by atoms with Crippen molar-refractivity contribution in [2.75, 3.05) is 12.9 Å². The number of hydrogen-bond donors (Lipinski definition) is 1. The van der Waals surface area contributed by atoms with Crippen LogP contribution in [0.2, 0.25) is 0 Å². The second-order valence-electron chi connectivity index (χ2n) is 5.21. The third kappa shape index (κ3) is 4.21. The lowest BCUT2D eigenvalue weighted by atomic mass is 10.2. The fourth-order valence-corrected chi connectivity index (χ4v) is 3.67. The molecule has 2 aromatic heterocycles. The zero-order valence-corrected chi connectivity index (χ0v) is 15.6. The van der Waals surface area contributed by atoms with Gasteiger partial charge in [0.25, 0.3) is 0 Å². The molecule has 2 heterocycles. The molecule has 130 valence electrons. The molecular weight excluding hydrogens is 356 g/mol. The average Bonchev–Trinajstić information content (AvgIpc) is 3.28. The third-order valence-corrected chi connectivity index (χ3v) is 5.45. The van der Waals surface area contributed by atoms with Crippen molar-refractivity contribution in [3.8, 4) is 17.1 Å². The van der Waals surface area contributed by atoms with Gasteiger partial charge in [-0.25, -0.2) is 0 Å². The molecule has 0 saturated heterocycles. The summed E-state index contributed by atoms with van der Waals surface area (Å²) >= 11 is 2.99. The van der Waals surface area contributed by atoms with Gasteiger partial charge in [-0.3, -0.25) is 4.79 Å². The maximum Gasteiger partial charge on any atom is 0.230 e. The Morgan fingerprint density at radius 2 is 2.12 bits per heavy atom. The van der Waals surface area contributed by atoms with Crippen molar-refractivity contribution < 1.29 is 9.53 Å². The van der Waals surface area contributed by atoms with E-state index in [1.165, 1.54) is 11.8 Å². The lowest BCUT2D eigenvalue weighted by molar-refractivity contribution is -0.118. The molecule has 0 unspecified atom stereocenters. The highest BCUT2D eigenvalue weighted by atomic mass is 32.2. The van der Waals surface area contributed by atoms with Crippen LogP contribution in [0.5, 0.6) is 5.75 Å². The molecule has 0 aliphatic rings. The van der Waals surface area contributed by atoms with E-state index in [9.17, 15) is 4.79 Å². The smallest absolute Gasteiger partial charge is 0.230 e. The SMILES string of the molecule is COc1ccccc1-c1nnc(SCC(=O)NCc2cccs2)n1C. The lowest BCUT2D eigenvalue weighted by Crippen LogP contribution is -2.24. The summed E-state index contributed by atoms with van der Waals surface area (Å²) in [6.07, 6.45) is 0. The highest BCUT2D eigenvalue weighted by Gasteiger charge is 2.15. The molecule has 1 N–H and O–H groups in total. The van der Waals surface area contributed by atoms with Gasteiger partial charge in [0.15, 0.2) is 11.0 Å². The summed E-state index contributed by atoms with van der Waals surface area (Å²) < 4.78 is 7.25. The fourth-order valence-electron chi connectivity index (χ4n) is 2.28. The normalized spacial score (nSPS) is 10.6. The summed E-state index contributed by atoms with van der Waals surface area (Å²) in [5.74, 6) is 1.71. The number of methoxy groups -OCH3 is 1. The number of thiophene rings is 1. The first-order valence-electron chi connectivity index (χ1n) is 7.63. The number of para-hydroxylation sites is 1. The van der Waals surface area contributed by atoms with Gasteiger partial charge in [0, 0.05) is 11.9 Å². The van der Waals surface area contributed by atoms with E-state index in [0.29, 0.717) is 23.3 Å². The number of nitrogens with one attached hydrogen (secondary N) is 1. The first-order chi connectivity index (χ1) is 12.2. The Hall–Kier alpha value is -2.32. The lowest BCUT2D eigenvalue weighted by Gasteiger charge is -2.08. The predicted molar refractivity (Wildman–Crippen MR) is 99.9 cm³/mol. The molecule has 0 radical (unpaired) electrons. The van der Waals surface area contributed by atoms with Crippen LogP contribution in [0.3, 0.4) is 0 Å². The second kappa shape index (κ2) is 8.17. The van der Waals surface area contributed by atoms with Crippen molar-refractivity contribution in [1.82, 2.24) is 20.1 Å². The van der Waals surface area contributed by atoms with Crippen LogP contribution in [-0.4, -0.2) is 33.5 Å². The second-order valence-corrected chi connectivity index (χ2v) is 7.18. The van der Waals surface area contributed by atoms with Gasteiger partial charge in [-0.15, -0.1) is 21.5 Å². The quantitative estimate of drug-likeness (QED) is 0.644. The Balaban J connectivity index is 1.62. The summed E-state index contributed by atoms with van der Waals surface area (Å²) in [5.41, 5.74) is 0.869. The van der Waals surface area contributed by atoms with E-state index in [0.717, 1.165) is 16.2 Å². The number of amides is 1. The molecule has 0 bridgehead atoms. The number of hydrogen-bond acceptors (Lipinski definition) is 6. The van der Waals surface area contributed by atoms with Crippen LogP contribution in [0, 0.1) is 0 Å². The van der Waals surface area contributed by atoms with E-state index in [4.69, 9.17) is 4.74 Å². The molecule has 1 aromatic carbocycles. The van der Waals surface area contributed by atoms with Gasteiger partial charge in [-0.2, -0.15) is 0 Å². The minimum absolute atomic E-state index is 0.0276. The van der Waals surface area contributed by atoms with Gasteiger partial charge >= 0.3 is 0 Å². The molecule has 1 amide bonds. The Kier molecular flexibility index (Phi) is 5.72. The molecule has 3 rings (SSSR count). The van der Waals surface area contributed by atoms with Crippen molar-refractivity contribution in [3.05, 3.63) is 46.7 Å². The van der Waals surface area contributed by atoms with E-state index in [1.54, 1.807) is 18.4 Å². The van der Waals surface area contributed by atoms with Crippen LogP contribution in [0.25, 0.3) is 11.4 Å². The number of carbonyl (C=O) groups is 1. The van der Waals surface area contributed by atoms with Crippen molar-refractivity contribution in [1.29, 1.82) is 0 Å². The van der Waals surface area contributed by atoms with Crippen LogP contribution in [0.1, 0.15) is 4.88 Å². The van der Waals surface area contributed by atoms with Gasteiger partial charge in [-0.1, -0.05) is 30.0 Å². The number of rotatable bonds is 7. The number of benzene rings is 1. The summed E-state index contributed by atoms with van der Waals surface area (Å²) in [6.45, 7) is 0.558. The van der Waals surface area contributed by atoms with Crippen molar-refractivity contribution in [3.63, 3.8) is 0 Å². The Morgan fingerprint density at radius 3 is 2.88 bits per heavy atom. The van der Waals surface area contributed by atoms with Crippen molar-refractivity contribution in [2.45, 2.75) is 11.7 Å². The maximum absolute atomic E-state index is 12.0. The van der Waals surface area contributed by atoms with Gasteiger partial charge in [0.05, 0.1) is 25.0 Å². The topological polar surface area (TPSA) is 69.0 Å². The van der Waals surface area contributed by atoms with E-state index in [-0.39, 0.29) is 5.91 Å². The van der Waals surface area contributed by atoms with Crippen LogP contribution in [-0.2, 0) is 18.4 Å². The molecule has 6 nitrogen and oxygen atoms in total. The van der Waals surface area contributed by atoms with Crippen molar-refractivity contribution in [2.24, 2.45) is 7.05 Å². The molecule has 25 heavy (non-hydrogen) atoms. The molecule has 0 atom stereocenters. The predicted octanol–water partition coefficient (Wildman–Crippen LogP) is 2.96.